The zero-order valence-corrected chi connectivity index (χ0v) is 18.5. The minimum atomic E-state index is -5.12. The number of rotatable bonds is 5. The van der Waals surface area contributed by atoms with E-state index in [1.807, 2.05) is 6.07 Å². The molecular weight excluding hydrogens is 469 g/mol. The lowest BCUT2D eigenvalue weighted by atomic mass is 9.98. The number of hydrogen-bond acceptors (Lipinski definition) is 7. The van der Waals surface area contributed by atoms with Crippen molar-refractivity contribution in [3.63, 3.8) is 0 Å². The summed E-state index contributed by atoms with van der Waals surface area (Å²) in [4.78, 5) is 17.4. The minimum absolute atomic E-state index is 0.0261. The van der Waals surface area contributed by atoms with Gasteiger partial charge in [0.25, 0.3) is 0 Å². The highest BCUT2D eigenvalue weighted by molar-refractivity contribution is 7.89. The van der Waals surface area contributed by atoms with Crippen LogP contribution in [0.4, 0.5) is 13.2 Å². The first kappa shape index (κ1) is 24.1. The van der Waals surface area contributed by atoms with Gasteiger partial charge in [-0.25, -0.2) is 13.4 Å². The number of aliphatic hydroxyl groups is 1. The number of hydrogen-bond donors (Lipinski definition) is 1. The maximum Gasteiger partial charge on any atom is 0.424 e. The van der Waals surface area contributed by atoms with Gasteiger partial charge in [0, 0.05) is 37.3 Å². The Kier molecular flexibility index (Phi) is 6.62. The van der Waals surface area contributed by atoms with E-state index in [0.717, 1.165) is 9.21 Å². The van der Waals surface area contributed by atoms with Crippen LogP contribution in [0.2, 0.25) is 0 Å². The summed E-state index contributed by atoms with van der Waals surface area (Å²) in [6.07, 6.45) is -6.36. The standard InChI is InChI=1S/C19H19F3N4O4S2/c1-13-12-31-17(24-13)18(28,19(20,21)22)10-16(27)25-6-8-26(9-7-25)32(29,30)15-4-2-14(11-23)3-5-15/h2-5,12,28H,6-10H2,1H3. The Balaban J connectivity index is 1.70. The topological polar surface area (TPSA) is 115 Å². The quantitative estimate of drug-likeness (QED) is 0.689. The van der Waals surface area contributed by atoms with Gasteiger partial charge in [-0.05, 0) is 31.2 Å². The van der Waals surface area contributed by atoms with E-state index in [1.165, 1.54) is 36.6 Å². The van der Waals surface area contributed by atoms with E-state index in [4.69, 9.17) is 5.26 Å². The molecule has 0 bridgehead atoms. The van der Waals surface area contributed by atoms with Gasteiger partial charge in [-0.15, -0.1) is 11.3 Å². The van der Waals surface area contributed by atoms with Crippen molar-refractivity contribution in [3.8, 4) is 6.07 Å². The van der Waals surface area contributed by atoms with Gasteiger partial charge in [0.2, 0.25) is 21.5 Å². The Morgan fingerprint density at radius 3 is 2.28 bits per heavy atom. The minimum Gasteiger partial charge on any atom is -0.374 e. The summed E-state index contributed by atoms with van der Waals surface area (Å²) in [6, 6.07) is 7.21. The smallest absolute Gasteiger partial charge is 0.374 e. The third kappa shape index (κ3) is 4.63. The second-order valence-corrected chi connectivity index (χ2v) is 10.0. The van der Waals surface area contributed by atoms with Gasteiger partial charge < -0.3 is 10.0 Å². The summed E-state index contributed by atoms with van der Waals surface area (Å²) >= 11 is 0.616. The van der Waals surface area contributed by atoms with Crippen LogP contribution in [-0.4, -0.2) is 66.0 Å². The van der Waals surface area contributed by atoms with E-state index in [1.54, 1.807) is 0 Å². The second kappa shape index (κ2) is 8.78. The van der Waals surface area contributed by atoms with Crippen molar-refractivity contribution in [1.29, 1.82) is 5.26 Å². The average Bonchev–Trinajstić information content (AvgIpc) is 3.19. The highest BCUT2D eigenvalue weighted by atomic mass is 32.2. The van der Waals surface area contributed by atoms with Crippen LogP contribution in [-0.2, 0) is 20.4 Å². The monoisotopic (exact) mass is 488 g/mol. The first-order valence-corrected chi connectivity index (χ1v) is 11.7. The molecule has 1 amide bonds. The largest absolute Gasteiger partial charge is 0.424 e. The second-order valence-electron chi connectivity index (χ2n) is 7.25. The Morgan fingerprint density at radius 2 is 1.81 bits per heavy atom. The van der Waals surface area contributed by atoms with E-state index >= 15 is 0 Å². The Morgan fingerprint density at radius 1 is 1.22 bits per heavy atom. The molecule has 13 heteroatoms. The highest BCUT2D eigenvalue weighted by Gasteiger charge is 2.58. The van der Waals surface area contributed by atoms with E-state index in [0.29, 0.717) is 22.6 Å². The van der Waals surface area contributed by atoms with Gasteiger partial charge in [-0.3, -0.25) is 4.79 Å². The molecule has 0 spiro atoms. The number of carbonyl (C=O) groups is 1. The summed E-state index contributed by atoms with van der Waals surface area (Å²) in [7, 11) is -3.89. The third-order valence-corrected chi connectivity index (χ3v) is 8.09. The molecule has 1 aliphatic rings. The van der Waals surface area contributed by atoms with E-state index in [9.17, 15) is 31.5 Å². The van der Waals surface area contributed by atoms with Crippen molar-refractivity contribution in [2.24, 2.45) is 0 Å². The summed E-state index contributed by atoms with van der Waals surface area (Å²) in [5.41, 5.74) is -2.83. The number of nitrogens with zero attached hydrogens (tertiary/aromatic N) is 4. The van der Waals surface area contributed by atoms with Crippen LogP contribution in [0.15, 0.2) is 34.5 Å². The van der Waals surface area contributed by atoms with Gasteiger partial charge in [0.05, 0.1) is 22.9 Å². The van der Waals surface area contributed by atoms with Gasteiger partial charge in [-0.2, -0.15) is 22.7 Å². The zero-order chi connectivity index (χ0) is 23.7. The Bertz CT molecular complexity index is 1130. The Hall–Kier alpha value is -2.53. The third-order valence-electron chi connectivity index (χ3n) is 5.06. The van der Waals surface area contributed by atoms with Gasteiger partial charge in [-0.1, -0.05) is 0 Å². The van der Waals surface area contributed by atoms with Crippen LogP contribution in [0.1, 0.15) is 22.7 Å². The summed E-state index contributed by atoms with van der Waals surface area (Å²) in [5, 5.41) is 19.9. The molecule has 0 saturated carbocycles. The fraction of sp³-hybridized carbons (Fsp3) is 0.421. The number of benzene rings is 1. The molecule has 0 radical (unpaired) electrons. The first-order valence-electron chi connectivity index (χ1n) is 9.38. The van der Waals surface area contributed by atoms with Crippen molar-refractivity contribution in [1.82, 2.24) is 14.2 Å². The molecule has 3 rings (SSSR count). The van der Waals surface area contributed by atoms with Crippen molar-refractivity contribution in [2.75, 3.05) is 26.2 Å². The molecule has 1 fully saturated rings. The maximum atomic E-state index is 13.6. The Labute approximate surface area is 186 Å². The van der Waals surface area contributed by atoms with Crippen molar-refractivity contribution in [2.45, 2.75) is 30.0 Å². The number of amides is 1. The summed E-state index contributed by atoms with van der Waals surface area (Å²) in [5.74, 6) is -0.951. The lowest BCUT2D eigenvalue weighted by molar-refractivity contribution is -0.268. The van der Waals surface area contributed by atoms with Crippen LogP contribution in [0, 0.1) is 18.3 Å². The molecule has 1 aromatic carbocycles. The molecule has 172 valence electrons. The number of aryl methyl sites for hydroxylation is 1. The molecule has 1 unspecified atom stereocenters. The maximum absolute atomic E-state index is 13.6. The van der Waals surface area contributed by atoms with Crippen molar-refractivity contribution in [3.05, 3.63) is 45.9 Å². The first-order chi connectivity index (χ1) is 14.9. The lowest BCUT2D eigenvalue weighted by Crippen LogP contribution is -2.53. The van der Waals surface area contributed by atoms with Crippen molar-refractivity contribution >= 4 is 27.3 Å². The predicted molar refractivity (Wildman–Crippen MR) is 108 cm³/mol. The molecule has 2 aromatic rings. The number of thiazole rings is 1. The fourth-order valence-electron chi connectivity index (χ4n) is 3.20. The molecule has 1 atom stereocenters. The molecule has 32 heavy (non-hydrogen) atoms. The van der Waals surface area contributed by atoms with Crippen molar-refractivity contribution < 1.29 is 31.5 Å². The number of halogens is 3. The van der Waals surface area contributed by atoms with Crippen LogP contribution < -0.4 is 0 Å². The molecule has 1 aromatic heterocycles. The van der Waals surface area contributed by atoms with Crippen LogP contribution in [0.25, 0.3) is 0 Å². The summed E-state index contributed by atoms with van der Waals surface area (Å²) < 4.78 is 67.5. The number of piperazine rings is 1. The molecular formula is C19H19F3N4O4S2. The van der Waals surface area contributed by atoms with E-state index in [2.05, 4.69) is 4.98 Å². The number of nitriles is 1. The molecule has 2 heterocycles. The van der Waals surface area contributed by atoms with Gasteiger partial charge in [0.15, 0.2) is 0 Å². The number of sulfonamides is 1. The van der Waals surface area contributed by atoms with Gasteiger partial charge in [0.1, 0.15) is 5.01 Å². The highest BCUT2D eigenvalue weighted by Crippen LogP contribution is 2.43. The van der Waals surface area contributed by atoms with Crippen LogP contribution in [0.3, 0.4) is 0 Å². The predicted octanol–water partition coefficient (Wildman–Crippen LogP) is 2.00. The molecule has 1 saturated heterocycles. The molecule has 1 aliphatic heterocycles. The zero-order valence-electron chi connectivity index (χ0n) is 16.8. The molecule has 8 nitrogen and oxygen atoms in total. The van der Waals surface area contributed by atoms with E-state index in [-0.39, 0.29) is 31.1 Å². The number of aromatic nitrogens is 1. The number of carbonyl (C=O) groups excluding carboxylic acids is 1. The summed E-state index contributed by atoms with van der Waals surface area (Å²) in [6.45, 7) is 0.994. The molecule has 1 N–H and O–H groups in total. The lowest BCUT2D eigenvalue weighted by Gasteiger charge is -2.36. The fourth-order valence-corrected chi connectivity index (χ4v) is 5.54. The normalized spacial score (nSPS) is 17.6. The van der Waals surface area contributed by atoms with Gasteiger partial charge >= 0.3 is 6.18 Å². The van der Waals surface area contributed by atoms with Crippen LogP contribution >= 0.6 is 11.3 Å². The van der Waals surface area contributed by atoms with E-state index < -0.39 is 39.1 Å². The average molecular weight is 489 g/mol. The van der Waals surface area contributed by atoms with Crippen LogP contribution in [0.5, 0.6) is 0 Å². The SMILES string of the molecule is Cc1csc(C(O)(CC(=O)N2CCN(S(=O)(=O)c3ccc(C#N)cc3)CC2)C(F)(F)F)n1. The number of alkyl halides is 3. The molecule has 0 aliphatic carbocycles.